The normalized spacial score (nSPS) is 10.7. The van der Waals surface area contributed by atoms with Gasteiger partial charge in [0.25, 0.3) is 5.89 Å². The van der Waals surface area contributed by atoms with Gasteiger partial charge in [0.2, 0.25) is 0 Å². The number of aryl methyl sites for hydroxylation is 2. The van der Waals surface area contributed by atoms with Crippen LogP contribution >= 0.6 is 11.6 Å². The summed E-state index contributed by atoms with van der Waals surface area (Å²) in [5.41, 5.74) is 1.70. The minimum Gasteiger partial charge on any atom is -0.507 e. The SMILES string of the molecule is Oc1cc(Cl)ccc1-c1nc(CCc2ccccc2)no1. The van der Waals surface area contributed by atoms with Crippen LogP contribution in [0.2, 0.25) is 5.02 Å². The van der Waals surface area contributed by atoms with Gasteiger partial charge in [0.1, 0.15) is 5.75 Å². The van der Waals surface area contributed by atoms with Crippen molar-refractivity contribution in [3.63, 3.8) is 0 Å². The number of phenols is 1. The summed E-state index contributed by atoms with van der Waals surface area (Å²) in [6, 6.07) is 14.9. The van der Waals surface area contributed by atoms with E-state index in [9.17, 15) is 5.11 Å². The molecule has 0 bridgehead atoms. The highest BCUT2D eigenvalue weighted by molar-refractivity contribution is 6.30. The molecule has 2 aromatic carbocycles. The molecule has 0 amide bonds. The Morgan fingerprint density at radius 1 is 1.05 bits per heavy atom. The number of nitrogens with zero attached hydrogens (tertiary/aromatic N) is 2. The highest BCUT2D eigenvalue weighted by Gasteiger charge is 2.13. The van der Waals surface area contributed by atoms with E-state index in [-0.39, 0.29) is 5.75 Å². The molecule has 0 saturated carbocycles. The molecule has 21 heavy (non-hydrogen) atoms. The molecule has 1 heterocycles. The first-order chi connectivity index (χ1) is 10.2. The zero-order valence-electron chi connectivity index (χ0n) is 11.2. The topological polar surface area (TPSA) is 59.2 Å². The molecule has 1 N–H and O–H groups in total. The Kier molecular flexibility index (Phi) is 3.88. The maximum absolute atomic E-state index is 9.85. The van der Waals surface area contributed by atoms with Crippen LogP contribution in [-0.2, 0) is 12.8 Å². The fourth-order valence-corrected chi connectivity index (χ4v) is 2.22. The summed E-state index contributed by atoms with van der Waals surface area (Å²) in [5.74, 6) is 0.941. The van der Waals surface area contributed by atoms with E-state index in [0.29, 0.717) is 28.7 Å². The molecule has 4 nitrogen and oxygen atoms in total. The van der Waals surface area contributed by atoms with Crippen LogP contribution in [0.15, 0.2) is 53.1 Å². The lowest BCUT2D eigenvalue weighted by molar-refractivity contribution is 0.417. The van der Waals surface area contributed by atoms with Crippen LogP contribution in [0, 0.1) is 0 Å². The van der Waals surface area contributed by atoms with Crippen molar-refractivity contribution < 1.29 is 9.63 Å². The number of aromatic hydroxyl groups is 1. The molecule has 1 aromatic heterocycles. The molecule has 5 heteroatoms. The highest BCUT2D eigenvalue weighted by atomic mass is 35.5. The van der Waals surface area contributed by atoms with Crippen LogP contribution in [0.3, 0.4) is 0 Å². The number of halogens is 1. The fraction of sp³-hybridized carbons (Fsp3) is 0.125. The largest absolute Gasteiger partial charge is 0.507 e. The molecule has 0 aliphatic carbocycles. The van der Waals surface area contributed by atoms with Gasteiger partial charge in [-0.15, -0.1) is 0 Å². The van der Waals surface area contributed by atoms with Crippen molar-refractivity contribution in [2.75, 3.05) is 0 Å². The van der Waals surface area contributed by atoms with Crippen LogP contribution < -0.4 is 0 Å². The second-order valence-corrected chi connectivity index (χ2v) is 5.10. The van der Waals surface area contributed by atoms with Gasteiger partial charge < -0.3 is 9.63 Å². The Labute approximate surface area is 127 Å². The van der Waals surface area contributed by atoms with Crippen LogP contribution in [0.25, 0.3) is 11.5 Å². The van der Waals surface area contributed by atoms with Gasteiger partial charge in [-0.05, 0) is 30.2 Å². The number of rotatable bonds is 4. The number of hydrogen-bond donors (Lipinski definition) is 1. The van der Waals surface area contributed by atoms with E-state index in [4.69, 9.17) is 16.1 Å². The summed E-state index contributed by atoms with van der Waals surface area (Å²) in [5, 5.41) is 14.2. The van der Waals surface area contributed by atoms with E-state index in [1.807, 2.05) is 18.2 Å². The van der Waals surface area contributed by atoms with Crippen molar-refractivity contribution in [3.8, 4) is 17.2 Å². The molecule has 0 saturated heterocycles. The molecular weight excluding hydrogens is 288 g/mol. The van der Waals surface area contributed by atoms with Crippen LogP contribution in [0.5, 0.6) is 5.75 Å². The summed E-state index contributed by atoms with van der Waals surface area (Å²) in [6.45, 7) is 0. The van der Waals surface area contributed by atoms with Crippen molar-refractivity contribution in [2.24, 2.45) is 0 Å². The Morgan fingerprint density at radius 3 is 2.62 bits per heavy atom. The summed E-state index contributed by atoms with van der Waals surface area (Å²) < 4.78 is 5.20. The lowest BCUT2D eigenvalue weighted by Crippen LogP contribution is -1.93. The predicted molar refractivity (Wildman–Crippen MR) is 80.3 cm³/mol. The molecule has 0 spiro atoms. The quantitative estimate of drug-likeness (QED) is 0.794. The maximum atomic E-state index is 9.85. The highest BCUT2D eigenvalue weighted by Crippen LogP contribution is 2.30. The van der Waals surface area contributed by atoms with E-state index in [0.717, 1.165) is 6.42 Å². The van der Waals surface area contributed by atoms with Gasteiger partial charge in [-0.1, -0.05) is 47.1 Å². The fourth-order valence-electron chi connectivity index (χ4n) is 2.05. The lowest BCUT2D eigenvalue weighted by Gasteiger charge is -1.99. The average molecular weight is 301 g/mol. The van der Waals surface area contributed by atoms with Crippen molar-refractivity contribution >= 4 is 11.6 Å². The zero-order chi connectivity index (χ0) is 14.7. The van der Waals surface area contributed by atoms with Crippen LogP contribution in [0.4, 0.5) is 0 Å². The third-order valence-electron chi connectivity index (χ3n) is 3.14. The third-order valence-corrected chi connectivity index (χ3v) is 3.37. The van der Waals surface area contributed by atoms with E-state index < -0.39 is 0 Å². The molecule has 0 aliphatic rings. The number of hydrogen-bond acceptors (Lipinski definition) is 4. The first kappa shape index (κ1) is 13.6. The summed E-state index contributed by atoms with van der Waals surface area (Å²) in [7, 11) is 0. The molecular formula is C16H13ClN2O2. The van der Waals surface area contributed by atoms with Crippen molar-refractivity contribution in [1.82, 2.24) is 10.1 Å². The van der Waals surface area contributed by atoms with Gasteiger partial charge in [0.05, 0.1) is 5.56 Å². The number of aromatic nitrogens is 2. The Morgan fingerprint density at radius 2 is 1.86 bits per heavy atom. The second-order valence-electron chi connectivity index (χ2n) is 4.66. The van der Waals surface area contributed by atoms with Crippen LogP contribution in [-0.4, -0.2) is 15.2 Å². The standard InChI is InChI=1S/C16H13ClN2O2/c17-12-7-8-13(14(20)10-12)16-18-15(19-21-16)9-6-11-4-2-1-3-5-11/h1-5,7-8,10,20H,6,9H2. The van der Waals surface area contributed by atoms with Crippen molar-refractivity contribution in [1.29, 1.82) is 0 Å². The monoisotopic (exact) mass is 300 g/mol. The predicted octanol–water partition coefficient (Wildman–Crippen LogP) is 3.88. The first-order valence-corrected chi connectivity index (χ1v) is 6.95. The first-order valence-electron chi connectivity index (χ1n) is 6.58. The van der Waals surface area contributed by atoms with Gasteiger partial charge in [0, 0.05) is 11.4 Å². The van der Waals surface area contributed by atoms with Gasteiger partial charge >= 0.3 is 0 Å². The Bertz CT molecular complexity index is 741. The van der Waals surface area contributed by atoms with Gasteiger partial charge in [-0.25, -0.2) is 0 Å². The van der Waals surface area contributed by atoms with Gasteiger partial charge in [0.15, 0.2) is 5.82 Å². The number of phenolic OH excluding ortho intramolecular Hbond substituents is 1. The van der Waals surface area contributed by atoms with Gasteiger partial charge in [-0.3, -0.25) is 0 Å². The molecule has 0 atom stereocenters. The van der Waals surface area contributed by atoms with E-state index in [1.54, 1.807) is 12.1 Å². The molecule has 3 rings (SSSR count). The summed E-state index contributed by atoms with van der Waals surface area (Å²) in [6.07, 6.45) is 1.52. The lowest BCUT2D eigenvalue weighted by atomic mass is 10.1. The van der Waals surface area contributed by atoms with E-state index in [1.165, 1.54) is 11.6 Å². The number of benzene rings is 2. The molecule has 106 valence electrons. The molecule has 0 radical (unpaired) electrons. The summed E-state index contributed by atoms with van der Waals surface area (Å²) in [4.78, 5) is 4.31. The minimum absolute atomic E-state index is 0.0285. The average Bonchev–Trinajstić information content (AvgIpc) is 2.95. The zero-order valence-corrected chi connectivity index (χ0v) is 11.9. The van der Waals surface area contributed by atoms with E-state index >= 15 is 0 Å². The van der Waals surface area contributed by atoms with Crippen molar-refractivity contribution in [2.45, 2.75) is 12.8 Å². The Hall–Kier alpha value is -2.33. The van der Waals surface area contributed by atoms with E-state index in [2.05, 4.69) is 22.3 Å². The van der Waals surface area contributed by atoms with Crippen molar-refractivity contribution in [3.05, 3.63) is 64.9 Å². The molecule has 0 fully saturated rings. The van der Waals surface area contributed by atoms with Gasteiger partial charge in [-0.2, -0.15) is 4.98 Å². The third kappa shape index (κ3) is 3.23. The maximum Gasteiger partial charge on any atom is 0.261 e. The summed E-state index contributed by atoms with van der Waals surface area (Å²) >= 11 is 5.80. The molecule has 3 aromatic rings. The Balaban J connectivity index is 1.74. The smallest absolute Gasteiger partial charge is 0.261 e. The minimum atomic E-state index is 0.0285. The molecule has 0 unspecified atom stereocenters. The van der Waals surface area contributed by atoms with Crippen LogP contribution in [0.1, 0.15) is 11.4 Å². The molecule has 0 aliphatic heterocycles. The second kappa shape index (κ2) is 5.97.